The molecule has 1 fully saturated rings. The molecule has 2 aromatic heterocycles. The molecule has 43 heavy (non-hydrogen) atoms. The first-order valence-electron chi connectivity index (χ1n) is 14.8. The van der Waals surface area contributed by atoms with E-state index in [-0.39, 0.29) is 5.91 Å². The number of rotatable bonds is 10. The second-order valence-corrected chi connectivity index (χ2v) is 11.7. The van der Waals surface area contributed by atoms with Gasteiger partial charge in [0.05, 0.1) is 22.1 Å². The van der Waals surface area contributed by atoms with Gasteiger partial charge in [-0.15, -0.1) is 0 Å². The van der Waals surface area contributed by atoms with Crippen LogP contribution in [0.15, 0.2) is 71.0 Å². The Hall–Kier alpha value is -4.18. The van der Waals surface area contributed by atoms with Gasteiger partial charge < -0.3 is 14.5 Å². The number of fused-ring (bicyclic) bond motifs is 2. The van der Waals surface area contributed by atoms with Gasteiger partial charge in [-0.3, -0.25) is 9.79 Å². The van der Waals surface area contributed by atoms with Crippen molar-refractivity contribution in [3.63, 3.8) is 0 Å². The molecule has 10 heteroatoms. The summed E-state index contributed by atoms with van der Waals surface area (Å²) in [7, 11) is 0. The van der Waals surface area contributed by atoms with E-state index in [9.17, 15) is 4.79 Å². The minimum atomic E-state index is -0.0429. The van der Waals surface area contributed by atoms with E-state index in [1.54, 1.807) is 17.4 Å². The highest BCUT2D eigenvalue weighted by Crippen LogP contribution is 2.39. The number of anilines is 1. The molecule has 0 N–H and O–H groups in total. The van der Waals surface area contributed by atoms with Crippen molar-refractivity contribution in [2.24, 2.45) is 4.99 Å². The summed E-state index contributed by atoms with van der Waals surface area (Å²) in [6.07, 6.45) is 11.6. The highest BCUT2D eigenvalue weighted by atomic mass is 79.9. The summed E-state index contributed by atoms with van der Waals surface area (Å²) in [5.74, 6) is 2.57. The third kappa shape index (κ3) is 6.44. The van der Waals surface area contributed by atoms with Gasteiger partial charge in [0.25, 0.3) is 0 Å². The number of halogens is 1. The van der Waals surface area contributed by atoms with Crippen LogP contribution in [-0.4, -0.2) is 63.1 Å². The molecule has 0 spiro atoms. The number of amides is 1. The van der Waals surface area contributed by atoms with Gasteiger partial charge >= 0.3 is 0 Å². The lowest BCUT2D eigenvalue weighted by molar-refractivity contribution is -0.126. The lowest BCUT2D eigenvalue weighted by Gasteiger charge is -2.34. The molecule has 2 aliphatic rings. The van der Waals surface area contributed by atoms with E-state index in [0.717, 1.165) is 70.5 Å². The second kappa shape index (κ2) is 13.0. The predicted molar refractivity (Wildman–Crippen MR) is 173 cm³/mol. The molecule has 0 radical (unpaired) electrons. The van der Waals surface area contributed by atoms with Crippen LogP contribution in [0.1, 0.15) is 48.9 Å². The third-order valence-electron chi connectivity index (χ3n) is 7.99. The van der Waals surface area contributed by atoms with Crippen LogP contribution in [0.5, 0.6) is 11.5 Å². The van der Waals surface area contributed by atoms with Crippen LogP contribution in [0.25, 0.3) is 11.0 Å². The Morgan fingerprint density at radius 2 is 1.95 bits per heavy atom. The van der Waals surface area contributed by atoms with Gasteiger partial charge in [0.2, 0.25) is 11.9 Å². The monoisotopic (exact) mass is 639 g/mol. The number of carbonyl (C=O) groups is 1. The van der Waals surface area contributed by atoms with Gasteiger partial charge in [-0.05, 0) is 77.0 Å². The lowest BCUT2D eigenvalue weighted by Crippen LogP contribution is -2.48. The maximum absolute atomic E-state index is 11.9. The molecule has 2 aliphatic heterocycles. The number of carbonyl (C=O) groups excluding carboxylic acids is 1. The molecule has 1 saturated heterocycles. The maximum Gasteiger partial charge on any atom is 0.246 e. The highest BCUT2D eigenvalue weighted by Gasteiger charge is 2.22. The summed E-state index contributed by atoms with van der Waals surface area (Å²) < 4.78 is 7.13. The van der Waals surface area contributed by atoms with Gasteiger partial charge in [-0.2, -0.15) is 0 Å². The Bertz CT molecular complexity index is 1680. The molecular formula is C33H34BrN7O2. The Kier molecular flexibility index (Phi) is 8.74. The van der Waals surface area contributed by atoms with Crippen LogP contribution < -0.4 is 9.64 Å². The predicted octanol–water partition coefficient (Wildman–Crippen LogP) is 6.58. The summed E-state index contributed by atoms with van der Waals surface area (Å²) in [4.78, 5) is 38.8. The molecule has 1 unspecified atom stereocenters. The molecule has 9 nitrogen and oxygen atoms in total. The van der Waals surface area contributed by atoms with Crippen LogP contribution in [0.2, 0.25) is 0 Å². The summed E-state index contributed by atoms with van der Waals surface area (Å²) in [6, 6.07) is 12.4. The average molecular weight is 641 g/mol. The number of hydrogen-bond donors (Lipinski definition) is 0. The van der Waals surface area contributed by atoms with Crippen LogP contribution in [0, 0.1) is 0 Å². The van der Waals surface area contributed by atoms with Crippen molar-refractivity contribution >= 4 is 50.7 Å². The van der Waals surface area contributed by atoms with Crippen LogP contribution in [-0.2, 0) is 17.6 Å². The number of hydrogen-bond acceptors (Lipinski definition) is 8. The Morgan fingerprint density at radius 1 is 1.09 bits per heavy atom. The summed E-state index contributed by atoms with van der Waals surface area (Å²) in [5, 5.41) is 0. The summed E-state index contributed by atoms with van der Waals surface area (Å²) in [5.41, 5.74) is 5.91. The van der Waals surface area contributed by atoms with E-state index in [2.05, 4.69) is 78.7 Å². The second-order valence-electron chi connectivity index (χ2n) is 10.9. The Labute approximate surface area is 259 Å². The molecule has 4 heterocycles. The van der Waals surface area contributed by atoms with Gasteiger partial charge in [0.1, 0.15) is 28.9 Å². The van der Waals surface area contributed by atoms with Crippen molar-refractivity contribution in [1.82, 2.24) is 24.8 Å². The SMILES string of the molecule is C=CC(=O)N1CCN(c2ncc3ncnc(CCCc4ccc(Oc5ccc6c(c5)N=CC6CCC)c(Br)c4)c3n2)CC1. The number of benzene rings is 2. The number of piperazine rings is 1. The first-order valence-corrected chi connectivity index (χ1v) is 15.6. The van der Waals surface area contributed by atoms with E-state index in [1.807, 2.05) is 18.2 Å². The zero-order valence-corrected chi connectivity index (χ0v) is 25.8. The van der Waals surface area contributed by atoms with Gasteiger partial charge in [0.15, 0.2) is 0 Å². The lowest BCUT2D eigenvalue weighted by atomic mass is 9.96. The van der Waals surface area contributed by atoms with Crippen molar-refractivity contribution in [2.75, 3.05) is 31.1 Å². The van der Waals surface area contributed by atoms with E-state index in [0.29, 0.717) is 38.0 Å². The zero-order chi connectivity index (χ0) is 29.8. The van der Waals surface area contributed by atoms with E-state index >= 15 is 0 Å². The van der Waals surface area contributed by atoms with Crippen LogP contribution in [0.4, 0.5) is 11.6 Å². The highest BCUT2D eigenvalue weighted by molar-refractivity contribution is 9.10. The maximum atomic E-state index is 11.9. The molecular weight excluding hydrogens is 606 g/mol. The zero-order valence-electron chi connectivity index (χ0n) is 24.2. The molecule has 1 atom stereocenters. The molecule has 0 bridgehead atoms. The quantitative estimate of drug-likeness (QED) is 0.181. The molecule has 4 aromatic rings. The minimum Gasteiger partial charge on any atom is -0.456 e. The third-order valence-corrected chi connectivity index (χ3v) is 8.61. The molecule has 2 aromatic carbocycles. The van der Waals surface area contributed by atoms with E-state index in [1.165, 1.54) is 17.2 Å². The van der Waals surface area contributed by atoms with Crippen molar-refractivity contribution in [3.8, 4) is 11.5 Å². The molecule has 220 valence electrons. The van der Waals surface area contributed by atoms with Gasteiger partial charge in [-0.25, -0.2) is 19.9 Å². The first-order chi connectivity index (χ1) is 21.0. The smallest absolute Gasteiger partial charge is 0.246 e. The fraction of sp³-hybridized carbons (Fsp3) is 0.333. The normalized spacial score (nSPS) is 16.0. The van der Waals surface area contributed by atoms with Gasteiger partial charge in [-0.1, -0.05) is 32.1 Å². The number of nitrogens with zero attached hydrogens (tertiary/aromatic N) is 7. The summed E-state index contributed by atoms with van der Waals surface area (Å²) >= 11 is 3.70. The van der Waals surface area contributed by atoms with E-state index < -0.39 is 0 Å². The number of aryl methyl sites for hydroxylation is 2. The van der Waals surface area contributed by atoms with E-state index in [4.69, 9.17) is 9.72 Å². The number of aliphatic imine (C=N–C) groups is 1. The van der Waals surface area contributed by atoms with Crippen molar-refractivity contribution in [3.05, 3.63) is 82.9 Å². The first kappa shape index (κ1) is 28.9. The Morgan fingerprint density at radius 3 is 2.74 bits per heavy atom. The van der Waals surface area contributed by atoms with Crippen LogP contribution in [0.3, 0.4) is 0 Å². The van der Waals surface area contributed by atoms with Crippen molar-refractivity contribution < 1.29 is 9.53 Å². The largest absolute Gasteiger partial charge is 0.456 e. The molecule has 0 saturated carbocycles. The fourth-order valence-electron chi connectivity index (χ4n) is 5.66. The fourth-order valence-corrected chi connectivity index (χ4v) is 6.17. The average Bonchev–Trinajstić information content (AvgIpc) is 3.44. The summed E-state index contributed by atoms with van der Waals surface area (Å²) in [6.45, 7) is 8.36. The number of ether oxygens (including phenoxy) is 1. The molecule has 6 rings (SSSR count). The standard InChI is InChI=1S/C33H34BrN7O2/c1-3-6-23-19-35-28-18-24(10-11-25(23)28)43-30-12-9-22(17-26(30)34)7-5-8-27-32-29(38-21-37-27)20-36-33(39-32)41-15-13-40(14-16-41)31(42)4-2/h4,9-12,17-21,23H,2-3,5-8,13-16H2,1H3. The van der Waals surface area contributed by atoms with Crippen molar-refractivity contribution in [1.29, 1.82) is 0 Å². The molecule has 0 aliphatic carbocycles. The van der Waals surface area contributed by atoms with Crippen molar-refractivity contribution in [2.45, 2.75) is 44.9 Å². The van der Waals surface area contributed by atoms with Crippen LogP contribution >= 0.6 is 15.9 Å². The topological polar surface area (TPSA) is 96.7 Å². The number of aromatic nitrogens is 4. The Balaban J connectivity index is 1.08. The molecule has 1 amide bonds. The minimum absolute atomic E-state index is 0.0429. The van der Waals surface area contributed by atoms with Gasteiger partial charge in [0, 0.05) is 44.4 Å².